The fourth-order valence-electron chi connectivity index (χ4n) is 2.87. The first-order valence-electron chi connectivity index (χ1n) is 7.90. The first-order chi connectivity index (χ1) is 10.6. The molecule has 1 heterocycles. The minimum Gasteiger partial charge on any atom is -0.347 e. The Kier molecular flexibility index (Phi) is 4.23. The van der Waals surface area contributed by atoms with E-state index in [9.17, 15) is 4.79 Å². The molecule has 1 N–H and O–H groups in total. The zero-order valence-corrected chi connectivity index (χ0v) is 13.2. The number of carbonyl (C=O) groups is 1. The largest absolute Gasteiger partial charge is 0.347 e. The summed E-state index contributed by atoms with van der Waals surface area (Å²) in [7, 11) is 0. The highest BCUT2D eigenvalue weighted by Crippen LogP contribution is 2.41. The van der Waals surface area contributed by atoms with Gasteiger partial charge >= 0.3 is 0 Å². The van der Waals surface area contributed by atoms with Crippen molar-refractivity contribution in [2.45, 2.75) is 39.2 Å². The van der Waals surface area contributed by atoms with Crippen molar-refractivity contribution in [2.75, 3.05) is 0 Å². The molecule has 0 bridgehead atoms. The van der Waals surface area contributed by atoms with Gasteiger partial charge in [-0.25, -0.2) is 0 Å². The molecule has 0 aliphatic heterocycles. The summed E-state index contributed by atoms with van der Waals surface area (Å²) >= 11 is 0. The molecule has 2 aromatic rings. The summed E-state index contributed by atoms with van der Waals surface area (Å²) in [4.78, 5) is 17.0. The third-order valence-corrected chi connectivity index (χ3v) is 4.37. The lowest BCUT2D eigenvalue weighted by molar-refractivity contribution is -0.121. The molecule has 1 amide bonds. The molecule has 0 spiro atoms. The van der Waals surface area contributed by atoms with Gasteiger partial charge in [-0.3, -0.25) is 9.78 Å². The van der Waals surface area contributed by atoms with E-state index in [1.165, 1.54) is 12.8 Å². The van der Waals surface area contributed by atoms with E-state index in [0.29, 0.717) is 12.3 Å². The summed E-state index contributed by atoms with van der Waals surface area (Å²) in [5.74, 6) is 0.616. The van der Waals surface area contributed by atoms with Crippen LogP contribution in [0.15, 0.2) is 42.6 Å². The fraction of sp³-hybridized carbons (Fsp3) is 0.368. The van der Waals surface area contributed by atoms with Gasteiger partial charge in [-0.15, -0.1) is 0 Å². The summed E-state index contributed by atoms with van der Waals surface area (Å²) in [5.41, 5.74) is 4.42. The van der Waals surface area contributed by atoms with Crippen LogP contribution < -0.4 is 5.32 Å². The van der Waals surface area contributed by atoms with E-state index in [1.54, 1.807) is 0 Å². The minimum atomic E-state index is 0.0534. The lowest BCUT2D eigenvalue weighted by Gasteiger charge is -2.20. The number of amides is 1. The van der Waals surface area contributed by atoms with Crippen molar-refractivity contribution in [2.24, 2.45) is 5.92 Å². The highest BCUT2D eigenvalue weighted by Gasteiger charge is 2.35. The van der Waals surface area contributed by atoms with Gasteiger partial charge in [0.05, 0.1) is 18.2 Å². The van der Waals surface area contributed by atoms with E-state index in [1.807, 2.05) is 43.5 Å². The van der Waals surface area contributed by atoms with Gasteiger partial charge in [0.15, 0.2) is 0 Å². The van der Waals surface area contributed by atoms with Crippen molar-refractivity contribution >= 4 is 5.91 Å². The summed E-state index contributed by atoms with van der Waals surface area (Å²) in [6.45, 7) is 4.11. The number of aryl methyl sites for hydroxylation is 2. The summed E-state index contributed by atoms with van der Waals surface area (Å²) in [6, 6.07) is 12.1. The molecular formula is C19H22N2O. The maximum atomic E-state index is 12.5. The summed E-state index contributed by atoms with van der Waals surface area (Å²) in [5, 5.41) is 3.21. The number of carbonyl (C=O) groups excluding carboxylic acids is 1. The summed E-state index contributed by atoms with van der Waals surface area (Å²) in [6.07, 6.45) is 4.59. The highest BCUT2D eigenvalue weighted by molar-refractivity contribution is 5.79. The second-order valence-electron chi connectivity index (χ2n) is 6.19. The van der Waals surface area contributed by atoms with Crippen LogP contribution in [-0.2, 0) is 11.2 Å². The van der Waals surface area contributed by atoms with Crippen LogP contribution in [0.25, 0.3) is 0 Å². The Morgan fingerprint density at radius 2 is 1.91 bits per heavy atom. The van der Waals surface area contributed by atoms with Crippen molar-refractivity contribution in [3.05, 3.63) is 65.0 Å². The number of nitrogens with one attached hydrogen (secondary N) is 1. The maximum Gasteiger partial charge on any atom is 0.224 e. The average Bonchev–Trinajstić information content (AvgIpc) is 3.33. The zero-order valence-electron chi connectivity index (χ0n) is 13.2. The van der Waals surface area contributed by atoms with Gasteiger partial charge in [-0.2, -0.15) is 0 Å². The van der Waals surface area contributed by atoms with Crippen molar-refractivity contribution in [1.29, 1.82) is 0 Å². The third kappa shape index (κ3) is 3.35. The van der Waals surface area contributed by atoms with Gasteiger partial charge in [0.2, 0.25) is 5.91 Å². The second kappa shape index (κ2) is 6.30. The van der Waals surface area contributed by atoms with Crippen LogP contribution >= 0.6 is 0 Å². The molecule has 1 saturated carbocycles. The molecule has 1 aromatic carbocycles. The summed E-state index contributed by atoms with van der Waals surface area (Å²) < 4.78 is 0. The van der Waals surface area contributed by atoms with Crippen LogP contribution in [-0.4, -0.2) is 10.9 Å². The number of benzene rings is 1. The lowest BCUT2D eigenvalue weighted by Crippen LogP contribution is -2.32. The van der Waals surface area contributed by atoms with Crippen LogP contribution in [0.3, 0.4) is 0 Å². The SMILES string of the molecule is Cc1ccccc1CC(=O)NC(c1ncccc1C)C1CC1. The van der Waals surface area contributed by atoms with E-state index in [0.717, 1.165) is 22.4 Å². The van der Waals surface area contributed by atoms with Crippen molar-refractivity contribution < 1.29 is 4.79 Å². The quantitative estimate of drug-likeness (QED) is 0.917. The Bertz CT molecular complexity index is 677. The Balaban J connectivity index is 1.73. The number of hydrogen-bond acceptors (Lipinski definition) is 2. The fourth-order valence-corrected chi connectivity index (χ4v) is 2.87. The van der Waals surface area contributed by atoms with Crippen molar-refractivity contribution in [3.8, 4) is 0 Å². The van der Waals surface area contributed by atoms with Crippen LogP contribution in [0.1, 0.15) is 41.3 Å². The van der Waals surface area contributed by atoms with E-state index in [4.69, 9.17) is 0 Å². The topological polar surface area (TPSA) is 42.0 Å². The molecule has 22 heavy (non-hydrogen) atoms. The molecular weight excluding hydrogens is 272 g/mol. The van der Waals surface area contributed by atoms with Gasteiger partial charge in [0, 0.05) is 6.20 Å². The molecule has 0 saturated heterocycles. The Labute approximate surface area is 131 Å². The highest BCUT2D eigenvalue weighted by atomic mass is 16.1. The normalized spacial score (nSPS) is 15.4. The average molecular weight is 294 g/mol. The molecule has 3 rings (SSSR count). The molecule has 1 fully saturated rings. The first kappa shape index (κ1) is 14.8. The van der Waals surface area contributed by atoms with E-state index in [2.05, 4.69) is 23.3 Å². The molecule has 0 radical (unpaired) electrons. The number of hydrogen-bond donors (Lipinski definition) is 1. The third-order valence-electron chi connectivity index (χ3n) is 4.37. The van der Waals surface area contributed by atoms with Gasteiger partial charge in [-0.05, 0) is 55.4 Å². The van der Waals surface area contributed by atoms with Gasteiger partial charge in [0.1, 0.15) is 0 Å². The van der Waals surface area contributed by atoms with Crippen LogP contribution in [0, 0.1) is 19.8 Å². The predicted molar refractivity (Wildman–Crippen MR) is 87.5 cm³/mol. The van der Waals surface area contributed by atoms with Gasteiger partial charge in [0.25, 0.3) is 0 Å². The Morgan fingerprint density at radius 3 is 2.59 bits per heavy atom. The second-order valence-corrected chi connectivity index (χ2v) is 6.19. The molecule has 1 unspecified atom stereocenters. The van der Waals surface area contributed by atoms with Gasteiger partial charge in [-0.1, -0.05) is 30.3 Å². The predicted octanol–water partition coefficient (Wildman–Crippen LogP) is 3.51. The number of aromatic nitrogens is 1. The lowest BCUT2D eigenvalue weighted by atomic mass is 10.0. The molecule has 114 valence electrons. The Morgan fingerprint density at radius 1 is 1.18 bits per heavy atom. The zero-order chi connectivity index (χ0) is 15.5. The van der Waals surface area contributed by atoms with Gasteiger partial charge < -0.3 is 5.32 Å². The molecule has 3 nitrogen and oxygen atoms in total. The standard InChI is InChI=1S/C19H22N2O/c1-13-6-3-4-8-16(13)12-17(22)21-19(15-9-10-15)18-14(2)7-5-11-20-18/h3-8,11,15,19H,9-10,12H2,1-2H3,(H,21,22). The van der Waals surface area contributed by atoms with E-state index >= 15 is 0 Å². The van der Waals surface area contributed by atoms with Crippen LogP contribution in [0.4, 0.5) is 0 Å². The molecule has 1 atom stereocenters. The Hall–Kier alpha value is -2.16. The number of pyridine rings is 1. The van der Waals surface area contributed by atoms with Crippen molar-refractivity contribution in [1.82, 2.24) is 10.3 Å². The monoisotopic (exact) mass is 294 g/mol. The van der Waals surface area contributed by atoms with Crippen LogP contribution in [0.5, 0.6) is 0 Å². The minimum absolute atomic E-state index is 0.0534. The maximum absolute atomic E-state index is 12.5. The molecule has 3 heteroatoms. The van der Waals surface area contributed by atoms with Crippen molar-refractivity contribution in [3.63, 3.8) is 0 Å². The number of nitrogens with zero attached hydrogens (tertiary/aromatic N) is 1. The van der Waals surface area contributed by atoms with Crippen LogP contribution in [0.2, 0.25) is 0 Å². The molecule has 1 aromatic heterocycles. The smallest absolute Gasteiger partial charge is 0.224 e. The van der Waals surface area contributed by atoms with E-state index in [-0.39, 0.29) is 11.9 Å². The van der Waals surface area contributed by atoms with E-state index < -0.39 is 0 Å². The number of rotatable bonds is 5. The molecule has 1 aliphatic rings. The first-order valence-corrected chi connectivity index (χ1v) is 7.90. The molecule has 1 aliphatic carbocycles.